The second-order valence-electron chi connectivity index (χ2n) is 6.83. The molecule has 1 aromatic heterocycles. The summed E-state index contributed by atoms with van der Waals surface area (Å²) >= 11 is 0. The summed E-state index contributed by atoms with van der Waals surface area (Å²) < 4.78 is 1.96. The molecule has 0 spiro atoms. The van der Waals surface area contributed by atoms with Gasteiger partial charge in [-0.3, -0.25) is 0 Å². The number of hydrogen-bond donors (Lipinski definition) is 1. The fourth-order valence-electron chi connectivity index (χ4n) is 2.08. The minimum atomic E-state index is 0.0791. The number of nitrogens with zero attached hydrogens (tertiary/aromatic N) is 3. The maximum atomic E-state index is 4.35. The average Bonchev–Trinajstić information content (AvgIpc) is 2.83. The molecular weight excluding hydrogens is 260 g/mol. The Hall–Kier alpha value is -1.68. The van der Waals surface area contributed by atoms with Gasteiger partial charge in [0.1, 0.15) is 12.2 Å². The highest BCUT2D eigenvalue weighted by Gasteiger charge is 2.12. The van der Waals surface area contributed by atoms with Gasteiger partial charge in [0, 0.05) is 5.54 Å². The Bertz CT molecular complexity index is 561. The molecule has 0 aliphatic heterocycles. The molecule has 114 valence electrons. The van der Waals surface area contributed by atoms with Gasteiger partial charge in [-0.15, -0.1) is 0 Å². The lowest BCUT2D eigenvalue weighted by molar-refractivity contribution is 0.410. The maximum absolute atomic E-state index is 4.35. The van der Waals surface area contributed by atoms with Crippen molar-refractivity contribution < 1.29 is 0 Å². The van der Waals surface area contributed by atoms with E-state index in [1.165, 1.54) is 11.1 Å². The van der Waals surface area contributed by atoms with Crippen molar-refractivity contribution in [2.24, 2.45) is 0 Å². The predicted octanol–water partition coefficient (Wildman–Crippen LogP) is 3.34. The van der Waals surface area contributed by atoms with Crippen LogP contribution in [0.15, 0.2) is 30.6 Å². The molecular formula is C17H26N4. The first-order valence-corrected chi connectivity index (χ1v) is 7.56. The van der Waals surface area contributed by atoms with Gasteiger partial charge in [0.15, 0.2) is 0 Å². The monoisotopic (exact) mass is 286 g/mol. The van der Waals surface area contributed by atoms with Crippen molar-refractivity contribution in [1.29, 1.82) is 0 Å². The van der Waals surface area contributed by atoms with Crippen molar-refractivity contribution in [3.8, 4) is 0 Å². The van der Waals surface area contributed by atoms with Gasteiger partial charge in [-0.1, -0.05) is 38.1 Å². The molecule has 21 heavy (non-hydrogen) atoms. The van der Waals surface area contributed by atoms with E-state index in [4.69, 9.17) is 0 Å². The largest absolute Gasteiger partial charge is 0.305 e. The van der Waals surface area contributed by atoms with E-state index < -0.39 is 0 Å². The van der Waals surface area contributed by atoms with Gasteiger partial charge < -0.3 is 5.32 Å². The highest BCUT2D eigenvalue weighted by atomic mass is 15.3. The summed E-state index contributed by atoms with van der Waals surface area (Å²) in [5.41, 5.74) is 2.70. The molecule has 4 nitrogen and oxygen atoms in total. The summed E-state index contributed by atoms with van der Waals surface area (Å²) in [5.74, 6) is 1.54. The Kier molecular flexibility index (Phi) is 4.78. The van der Waals surface area contributed by atoms with Crippen LogP contribution in [0.1, 0.15) is 57.5 Å². The van der Waals surface area contributed by atoms with Crippen molar-refractivity contribution in [2.75, 3.05) is 0 Å². The molecule has 0 saturated heterocycles. The van der Waals surface area contributed by atoms with E-state index in [1.54, 1.807) is 6.33 Å². The van der Waals surface area contributed by atoms with Crippen molar-refractivity contribution >= 4 is 0 Å². The predicted molar refractivity (Wildman–Crippen MR) is 86.2 cm³/mol. The summed E-state index contributed by atoms with van der Waals surface area (Å²) in [6.07, 6.45) is 1.63. The second kappa shape index (κ2) is 6.39. The molecule has 1 aromatic carbocycles. The molecule has 0 amide bonds. The molecule has 0 unspecified atom stereocenters. The zero-order valence-corrected chi connectivity index (χ0v) is 13.7. The number of rotatable bonds is 5. The van der Waals surface area contributed by atoms with Crippen molar-refractivity contribution in [2.45, 2.75) is 59.2 Å². The van der Waals surface area contributed by atoms with Gasteiger partial charge in [0.2, 0.25) is 0 Å². The van der Waals surface area contributed by atoms with E-state index in [0.29, 0.717) is 5.92 Å². The third-order valence-electron chi connectivity index (χ3n) is 3.45. The lowest BCUT2D eigenvalue weighted by Gasteiger charge is -2.20. The van der Waals surface area contributed by atoms with E-state index in [-0.39, 0.29) is 5.54 Å². The van der Waals surface area contributed by atoms with Crippen LogP contribution in [0, 0.1) is 0 Å². The van der Waals surface area contributed by atoms with Crippen LogP contribution >= 0.6 is 0 Å². The number of nitrogens with one attached hydrogen (secondary N) is 1. The maximum Gasteiger partial charge on any atom is 0.141 e. The van der Waals surface area contributed by atoms with Crippen LogP contribution in [0.5, 0.6) is 0 Å². The first-order valence-electron chi connectivity index (χ1n) is 7.56. The Morgan fingerprint density at radius 3 is 2.38 bits per heavy atom. The molecule has 2 rings (SSSR count). The van der Waals surface area contributed by atoms with E-state index in [0.717, 1.165) is 18.9 Å². The van der Waals surface area contributed by atoms with Gasteiger partial charge in [-0.25, -0.2) is 9.67 Å². The molecule has 1 heterocycles. The normalized spacial score (nSPS) is 12.1. The average molecular weight is 286 g/mol. The number of hydrogen-bond acceptors (Lipinski definition) is 3. The van der Waals surface area contributed by atoms with Crippen molar-refractivity contribution in [3.05, 3.63) is 47.5 Å². The SMILES string of the molecule is CC(C)c1ccc(Cn2ncnc2CNC(C)(C)C)cc1. The van der Waals surface area contributed by atoms with Gasteiger partial charge in [-0.2, -0.15) is 5.10 Å². The van der Waals surface area contributed by atoms with Gasteiger partial charge >= 0.3 is 0 Å². The van der Waals surface area contributed by atoms with E-state index in [1.807, 2.05) is 4.68 Å². The van der Waals surface area contributed by atoms with Crippen LogP contribution < -0.4 is 5.32 Å². The molecule has 0 saturated carbocycles. The van der Waals surface area contributed by atoms with E-state index >= 15 is 0 Å². The number of aromatic nitrogens is 3. The Morgan fingerprint density at radius 1 is 1.14 bits per heavy atom. The highest BCUT2D eigenvalue weighted by Crippen LogP contribution is 2.15. The Labute approximate surface area is 127 Å². The van der Waals surface area contributed by atoms with Gasteiger partial charge in [-0.05, 0) is 37.8 Å². The first-order chi connectivity index (χ1) is 9.85. The van der Waals surface area contributed by atoms with Crippen LogP contribution in [0.3, 0.4) is 0 Å². The molecule has 4 heteroatoms. The topological polar surface area (TPSA) is 42.7 Å². The first kappa shape index (κ1) is 15.7. The Morgan fingerprint density at radius 2 is 1.81 bits per heavy atom. The number of benzene rings is 1. The minimum Gasteiger partial charge on any atom is -0.305 e. The molecule has 1 N–H and O–H groups in total. The summed E-state index contributed by atoms with van der Waals surface area (Å²) in [7, 11) is 0. The zero-order chi connectivity index (χ0) is 15.5. The molecule has 0 aliphatic rings. The lowest BCUT2D eigenvalue weighted by Crippen LogP contribution is -2.36. The smallest absolute Gasteiger partial charge is 0.141 e. The fourth-order valence-corrected chi connectivity index (χ4v) is 2.08. The lowest BCUT2D eigenvalue weighted by atomic mass is 10.0. The second-order valence-corrected chi connectivity index (χ2v) is 6.83. The summed E-state index contributed by atoms with van der Waals surface area (Å²) in [5, 5.41) is 7.79. The van der Waals surface area contributed by atoms with Crippen LogP contribution in [0.25, 0.3) is 0 Å². The van der Waals surface area contributed by atoms with Crippen LogP contribution in [-0.4, -0.2) is 20.3 Å². The van der Waals surface area contributed by atoms with Crippen LogP contribution in [0.2, 0.25) is 0 Å². The standard InChI is InChI=1S/C17H26N4/c1-13(2)15-8-6-14(7-9-15)11-21-16(18-12-20-21)10-19-17(3,4)5/h6-9,12-13,19H,10-11H2,1-5H3. The van der Waals surface area contributed by atoms with E-state index in [9.17, 15) is 0 Å². The minimum absolute atomic E-state index is 0.0791. The van der Waals surface area contributed by atoms with Crippen LogP contribution in [-0.2, 0) is 13.1 Å². The van der Waals surface area contributed by atoms with Gasteiger partial charge in [0.05, 0.1) is 13.1 Å². The fraction of sp³-hybridized carbons (Fsp3) is 0.529. The van der Waals surface area contributed by atoms with Gasteiger partial charge in [0.25, 0.3) is 0 Å². The van der Waals surface area contributed by atoms with Crippen molar-refractivity contribution in [1.82, 2.24) is 20.1 Å². The molecule has 0 bridgehead atoms. The zero-order valence-electron chi connectivity index (χ0n) is 13.7. The molecule has 0 fully saturated rings. The van der Waals surface area contributed by atoms with E-state index in [2.05, 4.69) is 74.3 Å². The molecule has 0 aliphatic carbocycles. The summed E-state index contributed by atoms with van der Waals surface area (Å²) in [4.78, 5) is 4.35. The third kappa shape index (κ3) is 4.67. The molecule has 0 radical (unpaired) electrons. The van der Waals surface area contributed by atoms with Crippen molar-refractivity contribution in [3.63, 3.8) is 0 Å². The van der Waals surface area contributed by atoms with Crippen LogP contribution in [0.4, 0.5) is 0 Å². The molecule has 2 aromatic rings. The highest BCUT2D eigenvalue weighted by molar-refractivity contribution is 5.24. The molecule has 0 atom stereocenters. The quantitative estimate of drug-likeness (QED) is 0.916. The summed E-state index contributed by atoms with van der Waals surface area (Å²) in [6.45, 7) is 12.4. The third-order valence-corrected chi connectivity index (χ3v) is 3.45. The summed E-state index contributed by atoms with van der Waals surface area (Å²) in [6, 6.07) is 8.75. The Balaban J connectivity index is 2.04.